The Bertz CT molecular complexity index is 234. The predicted molar refractivity (Wildman–Crippen MR) is 54.0 cm³/mol. The zero-order valence-corrected chi connectivity index (χ0v) is 13.2. The van der Waals surface area contributed by atoms with E-state index in [1.807, 2.05) is 0 Å². The Morgan fingerprint density at radius 3 is 1.05 bits per heavy atom. The van der Waals surface area contributed by atoms with Crippen LogP contribution in [-0.2, 0) is 9.59 Å². The second-order valence-electron chi connectivity index (χ2n) is 3.03. The number of hydrogen-bond donors (Lipinski definition) is 6. The molecule has 11 heteroatoms. The fourth-order valence-electron chi connectivity index (χ4n) is 0.514. The fourth-order valence-corrected chi connectivity index (χ4v) is 0.514. The summed E-state index contributed by atoms with van der Waals surface area (Å²) in [5, 5.41) is 68.8. The first-order chi connectivity index (χ1) is 8.18. The quantitative estimate of drug-likeness (QED) is 0.248. The van der Waals surface area contributed by atoms with E-state index in [-0.39, 0.29) is 45.5 Å². The molecular formula is C8H14O10Sr. The van der Waals surface area contributed by atoms with Crippen molar-refractivity contribution in [3.8, 4) is 0 Å². The molecule has 0 spiro atoms. The summed E-state index contributed by atoms with van der Waals surface area (Å²) in [6.07, 6.45) is -7.32. The van der Waals surface area contributed by atoms with E-state index in [1.54, 1.807) is 0 Å². The van der Waals surface area contributed by atoms with E-state index in [0.29, 0.717) is 0 Å². The molecule has 0 aliphatic heterocycles. The molecule has 19 heavy (non-hydrogen) atoms. The summed E-state index contributed by atoms with van der Waals surface area (Å²) in [4.78, 5) is 19.3. The van der Waals surface area contributed by atoms with Gasteiger partial charge in [-0.25, -0.2) is 0 Å². The first-order valence-electron chi connectivity index (χ1n) is 4.54. The van der Waals surface area contributed by atoms with Crippen LogP contribution in [-0.4, -0.2) is 126 Å². The van der Waals surface area contributed by atoms with Crippen LogP contribution in [0.2, 0.25) is 0 Å². The van der Waals surface area contributed by atoms with Crippen molar-refractivity contribution < 1.29 is 50.4 Å². The van der Waals surface area contributed by atoms with Gasteiger partial charge in [-0.15, -0.1) is 0 Å². The molecular weight excluding hydrogens is 344 g/mol. The molecule has 0 fully saturated rings. The van der Waals surface area contributed by atoms with Gasteiger partial charge in [0.15, 0.2) is 0 Å². The van der Waals surface area contributed by atoms with Gasteiger partial charge in [0.2, 0.25) is 0 Å². The summed E-state index contributed by atoms with van der Waals surface area (Å²) in [5.74, 6) is -3.59. The van der Waals surface area contributed by atoms with Gasteiger partial charge in [-0.1, -0.05) is 0 Å². The van der Waals surface area contributed by atoms with E-state index < -0.39 is 49.6 Å². The van der Waals surface area contributed by atoms with Crippen LogP contribution in [0.15, 0.2) is 0 Å². The zero-order chi connectivity index (χ0) is 14.9. The second kappa shape index (κ2) is 13.2. The minimum absolute atomic E-state index is 0. The smallest absolute Gasteiger partial charge is 0.547 e. The summed E-state index contributed by atoms with van der Waals surface area (Å²) < 4.78 is 0. The van der Waals surface area contributed by atoms with E-state index in [0.717, 1.165) is 0 Å². The van der Waals surface area contributed by atoms with Gasteiger partial charge < -0.3 is 50.4 Å². The summed E-state index contributed by atoms with van der Waals surface area (Å²) in [5.41, 5.74) is 0. The third kappa shape index (κ3) is 11.7. The topological polar surface area (TPSA) is 202 Å². The Hall–Kier alpha value is 0.181. The van der Waals surface area contributed by atoms with Crippen molar-refractivity contribution in [3.05, 3.63) is 0 Å². The van der Waals surface area contributed by atoms with Gasteiger partial charge in [-0.3, -0.25) is 0 Å². The molecule has 0 unspecified atom stereocenters. The molecule has 0 aromatic heterocycles. The molecule has 0 saturated carbocycles. The van der Waals surface area contributed by atoms with Crippen molar-refractivity contribution in [3.63, 3.8) is 0 Å². The van der Waals surface area contributed by atoms with Crippen LogP contribution >= 0.6 is 0 Å². The van der Waals surface area contributed by atoms with Crippen LogP contribution < -0.4 is 10.2 Å². The Labute approximate surface area is 144 Å². The zero-order valence-electron chi connectivity index (χ0n) is 9.75. The first-order valence-corrected chi connectivity index (χ1v) is 4.54. The monoisotopic (exact) mass is 358 g/mol. The molecule has 0 heterocycles. The molecule has 0 aromatic carbocycles. The number of hydrogen-bond acceptors (Lipinski definition) is 10. The Morgan fingerprint density at radius 2 is 1.00 bits per heavy atom. The number of carbonyl (C=O) groups is 2. The van der Waals surface area contributed by atoms with Crippen LogP contribution in [0.25, 0.3) is 0 Å². The Balaban J connectivity index is -0.000000256. The third-order valence-electron chi connectivity index (χ3n) is 1.59. The average Bonchev–Trinajstić information content (AvgIpc) is 2.35. The number of aliphatic hydroxyl groups excluding tert-OH is 6. The van der Waals surface area contributed by atoms with Crippen molar-refractivity contribution >= 4 is 57.4 Å². The standard InChI is InChI=1S/2C4H8O5.Sr/c2*5-1-2(6)3(7)4(8)9;/h2*2-3,5-7H,1H2,(H,8,9);/q;;+2/p-2/t2*2-,3+;/m00./s1. The molecule has 108 valence electrons. The maximum atomic E-state index is 9.67. The van der Waals surface area contributed by atoms with Crippen LogP contribution in [0, 0.1) is 0 Å². The predicted octanol–water partition coefficient (Wildman–Crippen LogP) is -7.48. The van der Waals surface area contributed by atoms with E-state index in [4.69, 9.17) is 30.6 Å². The van der Waals surface area contributed by atoms with Crippen molar-refractivity contribution in [1.82, 2.24) is 0 Å². The summed E-state index contributed by atoms with van der Waals surface area (Å²) >= 11 is 0. The minimum atomic E-state index is -2.00. The Morgan fingerprint density at radius 1 is 0.789 bits per heavy atom. The summed E-state index contributed by atoms with van der Waals surface area (Å²) in [7, 11) is 0. The molecule has 0 amide bonds. The molecule has 0 aliphatic carbocycles. The maximum Gasteiger partial charge on any atom is 2.00 e. The number of rotatable bonds is 6. The van der Waals surface area contributed by atoms with Crippen molar-refractivity contribution in [2.24, 2.45) is 0 Å². The average molecular weight is 358 g/mol. The van der Waals surface area contributed by atoms with Crippen molar-refractivity contribution in [1.29, 1.82) is 0 Å². The molecule has 4 atom stereocenters. The molecule has 10 nitrogen and oxygen atoms in total. The largest absolute Gasteiger partial charge is 2.00 e. The van der Waals surface area contributed by atoms with Crippen LogP contribution in [0.1, 0.15) is 0 Å². The third-order valence-corrected chi connectivity index (χ3v) is 1.59. The number of carbonyl (C=O) groups excluding carboxylic acids is 2. The normalized spacial score (nSPS) is 15.9. The van der Waals surface area contributed by atoms with Crippen LogP contribution in [0.4, 0.5) is 0 Å². The Kier molecular flexibility index (Phi) is 16.8. The molecule has 0 radical (unpaired) electrons. The van der Waals surface area contributed by atoms with Crippen LogP contribution in [0.3, 0.4) is 0 Å². The van der Waals surface area contributed by atoms with Gasteiger partial charge >= 0.3 is 45.5 Å². The molecule has 0 aromatic rings. The van der Waals surface area contributed by atoms with E-state index in [9.17, 15) is 19.8 Å². The summed E-state index contributed by atoms with van der Waals surface area (Å²) in [6.45, 7) is -1.59. The SMILES string of the molecule is O=C([O-])[C@H](O)[C@@H](O)CO.O=C([O-])[C@H](O)[C@@H](O)CO.[Sr+2]. The number of aliphatic carboxylic acids is 2. The van der Waals surface area contributed by atoms with Gasteiger partial charge in [-0.05, 0) is 0 Å². The maximum absolute atomic E-state index is 9.67. The van der Waals surface area contributed by atoms with Gasteiger partial charge in [0.05, 0.1) is 25.2 Å². The minimum Gasteiger partial charge on any atom is -0.547 e. The van der Waals surface area contributed by atoms with E-state index in [1.165, 1.54) is 0 Å². The van der Waals surface area contributed by atoms with Gasteiger partial charge in [-0.2, -0.15) is 0 Å². The fraction of sp³-hybridized carbons (Fsp3) is 0.750. The number of aliphatic hydroxyl groups is 6. The van der Waals surface area contributed by atoms with Gasteiger partial charge in [0.25, 0.3) is 0 Å². The number of carboxylic acids is 2. The molecule has 0 bridgehead atoms. The first kappa shape index (κ1) is 24.2. The molecule has 0 rings (SSSR count). The van der Waals surface area contributed by atoms with Crippen molar-refractivity contribution in [2.45, 2.75) is 24.4 Å². The summed E-state index contributed by atoms with van der Waals surface area (Å²) in [6, 6.07) is 0. The van der Waals surface area contributed by atoms with Gasteiger partial charge in [0, 0.05) is 0 Å². The molecule has 6 N–H and O–H groups in total. The molecule has 0 aliphatic rings. The van der Waals surface area contributed by atoms with Gasteiger partial charge in [0.1, 0.15) is 24.4 Å². The van der Waals surface area contributed by atoms with Crippen LogP contribution in [0.5, 0.6) is 0 Å². The van der Waals surface area contributed by atoms with E-state index >= 15 is 0 Å². The number of carboxylic acid groups (broad SMARTS) is 2. The van der Waals surface area contributed by atoms with E-state index in [2.05, 4.69) is 0 Å². The second-order valence-corrected chi connectivity index (χ2v) is 3.03. The molecule has 0 saturated heterocycles. The van der Waals surface area contributed by atoms with Crippen molar-refractivity contribution in [2.75, 3.05) is 13.2 Å².